The number of ether oxygens (including phenoxy) is 3. The van der Waals surface area contributed by atoms with E-state index in [0.717, 1.165) is 35.5 Å². The second-order valence-corrected chi connectivity index (χ2v) is 30.3. The average molecular weight is 821 g/mol. The average Bonchev–Trinajstić information content (AvgIpc) is 3.23. The van der Waals surface area contributed by atoms with Gasteiger partial charge >= 0.3 is 0 Å². The van der Waals surface area contributed by atoms with Crippen LogP contribution in [0.15, 0.2) is 30.3 Å². The fourth-order valence-corrected chi connectivity index (χ4v) is 28.6. The normalized spacial score (nSPS) is 56.1. The van der Waals surface area contributed by atoms with Crippen LogP contribution in [-0.2, 0) is 14.2 Å². The van der Waals surface area contributed by atoms with Crippen LogP contribution in [0, 0.1) is 52.3 Å². The highest BCUT2D eigenvalue weighted by Gasteiger charge is 2.82. The smallest absolute Gasteiger partial charge is 0.107 e. The summed E-state index contributed by atoms with van der Waals surface area (Å²) in [6.45, 7) is 17.8. The van der Waals surface area contributed by atoms with Crippen LogP contribution in [0.25, 0.3) is 0 Å². The van der Waals surface area contributed by atoms with Crippen LogP contribution in [0.3, 0.4) is 0 Å². The summed E-state index contributed by atoms with van der Waals surface area (Å²) in [4.78, 5) is 6.86. The van der Waals surface area contributed by atoms with Crippen molar-refractivity contribution in [2.45, 2.75) is 241 Å². The summed E-state index contributed by atoms with van der Waals surface area (Å²) in [5.74, 6) is 5.20. The first kappa shape index (κ1) is 38.7. The van der Waals surface area contributed by atoms with E-state index in [1.54, 1.807) is 0 Å². The zero-order valence-corrected chi connectivity index (χ0v) is 39.0. The van der Waals surface area contributed by atoms with E-state index < -0.39 is 8.07 Å². The van der Waals surface area contributed by atoms with Gasteiger partial charge in [0.2, 0.25) is 0 Å². The summed E-state index contributed by atoms with van der Waals surface area (Å²) >= 11 is 0. The summed E-state index contributed by atoms with van der Waals surface area (Å²) < 4.78 is 24.2. The Balaban J connectivity index is 1.06. The number of fused-ring (bicyclic) bond motifs is 10. The Morgan fingerprint density at radius 2 is 0.983 bits per heavy atom. The van der Waals surface area contributed by atoms with Gasteiger partial charge in [0.25, 0.3) is 0 Å². The molecule has 0 spiro atoms. The molecular weight excluding hydrogens is 741 g/mol. The molecule has 5 nitrogen and oxygen atoms in total. The minimum Gasteiger partial charge on any atom is -0.375 e. The van der Waals surface area contributed by atoms with Crippen molar-refractivity contribution in [3.05, 3.63) is 30.3 Å². The van der Waals surface area contributed by atoms with Crippen LogP contribution < -0.4 is 5.19 Å². The maximum absolute atomic E-state index is 8.16. The maximum Gasteiger partial charge on any atom is 0.107 e. The molecule has 20 unspecified atom stereocenters. The summed E-state index contributed by atoms with van der Waals surface area (Å²) in [7, 11) is -2.39. The molecule has 6 heteroatoms. The Hall–Kier alpha value is -0.763. The van der Waals surface area contributed by atoms with Crippen LogP contribution in [0.5, 0.6) is 0 Å². The van der Waals surface area contributed by atoms with Crippen molar-refractivity contribution in [3.8, 4) is 0 Å². The zero-order valence-electron chi connectivity index (χ0n) is 38.0. The van der Waals surface area contributed by atoms with Gasteiger partial charge < -0.3 is 14.2 Å². The quantitative estimate of drug-likeness (QED) is 0.264. The molecule has 59 heavy (non-hydrogen) atoms. The first-order valence-corrected chi connectivity index (χ1v) is 28.2. The third kappa shape index (κ3) is 5.20. The predicted molar refractivity (Wildman–Crippen MR) is 238 cm³/mol. The number of hydrogen-bond acceptors (Lipinski definition) is 5. The molecule has 0 radical (unpaired) electrons. The molecule has 324 valence electrons. The number of rotatable bonds is 1. The van der Waals surface area contributed by atoms with Crippen LogP contribution >= 0.6 is 0 Å². The van der Waals surface area contributed by atoms with E-state index in [0.29, 0.717) is 94.0 Å². The molecule has 0 aromatic heterocycles. The first-order valence-electron chi connectivity index (χ1n) is 26.0. The minimum absolute atomic E-state index is 0.266. The number of benzene rings is 1. The topological polar surface area (TPSA) is 34.2 Å². The molecule has 13 rings (SSSR count). The molecular formula is C53H80N2O3Si. The van der Waals surface area contributed by atoms with E-state index >= 15 is 0 Å². The summed E-state index contributed by atoms with van der Waals surface area (Å²) in [5, 5.41) is 1.85. The van der Waals surface area contributed by atoms with Gasteiger partial charge in [0, 0.05) is 53.3 Å². The van der Waals surface area contributed by atoms with Gasteiger partial charge in [-0.3, -0.25) is 9.80 Å². The molecule has 12 aliphatic rings. The first-order chi connectivity index (χ1) is 28.4. The molecule has 1 aromatic carbocycles. The lowest BCUT2D eigenvalue weighted by Crippen LogP contribution is -2.93. The minimum atomic E-state index is -2.39. The summed E-state index contributed by atoms with van der Waals surface area (Å²) in [6, 6.07) is 16.3. The van der Waals surface area contributed by atoms with Crippen molar-refractivity contribution in [2.24, 2.45) is 52.3 Å². The monoisotopic (exact) mass is 821 g/mol. The van der Waals surface area contributed by atoms with Crippen molar-refractivity contribution < 1.29 is 14.2 Å². The fraction of sp³-hybridized carbons (Fsp3) is 0.887. The lowest BCUT2D eigenvalue weighted by atomic mass is 9.60. The summed E-state index contributed by atoms with van der Waals surface area (Å²) in [6.07, 6.45) is 24.2. The van der Waals surface area contributed by atoms with Crippen molar-refractivity contribution in [1.82, 2.24) is 9.80 Å². The van der Waals surface area contributed by atoms with E-state index in [9.17, 15) is 0 Å². The number of hydrogen-bond donors (Lipinski definition) is 0. The van der Waals surface area contributed by atoms with Gasteiger partial charge in [-0.05, 0) is 116 Å². The van der Waals surface area contributed by atoms with E-state index in [1.807, 2.05) is 5.19 Å². The molecule has 5 saturated heterocycles. The van der Waals surface area contributed by atoms with Crippen molar-refractivity contribution >= 4 is 13.3 Å². The van der Waals surface area contributed by atoms with Crippen LogP contribution in [0.4, 0.5) is 0 Å². The largest absolute Gasteiger partial charge is 0.375 e. The predicted octanol–water partition coefficient (Wildman–Crippen LogP) is 10.4. The standard InChI is InChI=1S/C53H80N2O3Si/c1-29-47-45-51-46-48(29)58-40-28-33(53(5,6)7)22-24-38(40)55(46)44-36-20-14-12-16-31(36)26-42-50(44)59(51,34-17-9-8-10-18-34)49-41(56-42)25-30-15-11-13-19-35(30)43(49)54(45)37-23-21-32(52(2,3)4)27-39(37)57-47/h8-10,17-18,29-33,35-51H,11-16,19-28H2,1-7H3. The highest BCUT2D eigenvalue weighted by Crippen LogP contribution is 2.74. The molecule has 0 N–H and O–H groups in total. The zero-order chi connectivity index (χ0) is 39.9. The Morgan fingerprint density at radius 1 is 0.508 bits per heavy atom. The van der Waals surface area contributed by atoms with Gasteiger partial charge in [0.05, 0.1) is 36.6 Å². The fourth-order valence-electron chi connectivity index (χ4n) is 19.9. The molecule has 7 saturated carbocycles. The van der Waals surface area contributed by atoms with Crippen LogP contribution in [-0.4, -0.2) is 90.7 Å². The van der Waals surface area contributed by atoms with Crippen molar-refractivity contribution in [3.63, 3.8) is 0 Å². The molecule has 1 aromatic rings. The highest BCUT2D eigenvalue weighted by molar-refractivity contribution is 6.96. The second-order valence-electron chi connectivity index (χ2n) is 25.9. The number of morpholine rings is 2. The van der Waals surface area contributed by atoms with Gasteiger partial charge in [-0.1, -0.05) is 123 Å². The second kappa shape index (κ2) is 13.4. The molecule has 5 heterocycles. The van der Waals surface area contributed by atoms with E-state index in [-0.39, 0.29) is 12.2 Å². The molecule has 20 atom stereocenters. The summed E-state index contributed by atoms with van der Waals surface area (Å²) in [5.41, 5.74) is 2.69. The van der Waals surface area contributed by atoms with Gasteiger partial charge in [-0.25, -0.2) is 0 Å². The SMILES string of the molecule is CC1C2OC3CC(C(C)(C)C)CCC3N3C4C5CCCCC5CC5OC6CC7CCCCC7C7C6[Si](c6ccccc6)(C54)C(C23)C2C1OC1CC(C(C)(C)C)CCC1N72. The highest BCUT2D eigenvalue weighted by atomic mass is 28.3. The van der Waals surface area contributed by atoms with Crippen molar-refractivity contribution in [2.75, 3.05) is 0 Å². The maximum atomic E-state index is 8.16. The van der Waals surface area contributed by atoms with E-state index in [1.165, 1.54) is 103 Å². The van der Waals surface area contributed by atoms with E-state index in [4.69, 9.17) is 14.2 Å². The molecule has 5 aliphatic heterocycles. The lowest BCUT2D eigenvalue weighted by molar-refractivity contribution is -0.300. The van der Waals surface area contributed by atoms with Gasteiger partial charge in [-0.15, -0.1) is 0 Å². The van der Waals surface area contributed by atoms with Crippen LogP contribution in [0.1, 0.15) is 151 Å². The lowest BCUT2D eigenvalue weighted by Gasteiger charge is -2.82. The Labute approximate surface area is 359 Å². The van der Waals surface area contributed by atoms with Crippen molar-refractivity contribution in [1.29, 1.82) is 0 Å². The Bertz CT molecular complexity index is 1670. The molecule has 0 amide bonds. The molecule has 0 bridgehead atoms. The van der Waals surface area contributed by atoms with E-state index in [2.05, 4.69) is 88.6 Å². The molecule has 7 aliphatic carbocycles. The Kier molecular flexibility index (Phi) is 8.78. The number of nitrogens with zero attached hydrogens (tertiary/aromatic N) is 2. The van der Waals surface area contributed by atoms with Gasteiger partial charge in [0.1, 0.15) is 8.07 Å². The third-order valence-electron chi connectivity index (χ3n) is 21.9. The van der Waals surface area contributed by atoms with Crippen LogP contribution in [0.2, 0.25) is 16.6 Å². The van der Waals surface area contributed by atoms with Gasteiger partial charge in [-0.2, -0.15) is 0 Å². The third-order valence-corrected chi connectivity index (χ3v) is 28.7. The molecule has 12 fully saturated rings. The Morgan fingerprint density at radius 3 is 1.46 bits per heavy atom. The van der Waals surface area contributed by atoms with Gasteiger partial charge in [0.15, 0.2) is 0 Å².